The number of ether oxygens (including phenoxy) is 2. The highest BCUT2D eigenvalue weighted by Gasteiger charge is 2.58. The monoisotopic (exact) mass is 274 g/mol. The van der Waals surface area contributed by atoms with Gasteiger partial charge in [-0.15, -0.1) is 0 Å². The van der Waals surface area contributed by atoms with Crippen LogP contribution in [0.4, 0.5) is 0 Å². The molecule has 0 N–H and O–H groups in total. The summed E-state index contributed by atoms with van der Waals surface area (Å²) in [6, 6.07) is 10.1. The van der Waals surface area contributed by atoms with Crippen LogP contribution >= 0.6 is 0 Å². The van der Waals surface area contributed by atoms with Crippen LogP contribution in [-0.2, 0) is 20.9 Å². The molecule has 1 aromatic carbocycles. The SMILES string of the molecule is CC[C@@]12CCC[C@@H]1[C@H](COCc1ccccc1)OC2=O. The van der Waals surface area contributed by atoms with Crippen molar-refractivity contribution < 1.29 is 14.3 Å². The summed E-state index contributed by atoms with van der Waals surface area (Å²) in [4.78, 5) is 12.2. The van der Waals surface area contributed by atoms with Crippen molar-refractivity contribution in [2.45, 2.75) is 45.3 Å². The van der Waals surface area contributed by atoms with Crippen molar-refractivity contribution in [3.8, 4) is 0 Å². The standard InChI is InChI=1S/C17H22O3/c1-2-17-10-6-9-14(17)15(20-16(17)18)12-19-11-13-7-4-3-5-8-13/h3-5,7-8,14-15H,2,6,9-12H2,1H3/t14-,15+,17-/m1/s1. The molecule has 0 aromatic heterocycles. The van der Waals surface area contributed by atoms with Gasteiger partial charge in [0.15, 0.2) is 0 Å². The van der Waals surface area contributed by atoms with Crippen LogP contribution in [0.1, 0.15) is 38.2 Å². The van der Waals surface area contributed by atoms with E-state index >= 15 is 0 Å². The molecule has 0 bridgehead atoms. The Labute approximate surface area is 120 Å². The average Bonchev–Trinajstić information content (AvgIpc) is 3.01. The normalized spacial score (nSPS) is 32.1. The largest absolute Gasteiger partial charge is 0.459 e. The summed E-state index contributed by atoms with van der Waals surface area (Å²) in [5.41, 5.74) is 0.950. The zero-order chi connectivity index (χ0) is 14.0. The van der Waals surface area contributed by atoms with E-state index < -0.39 is 0 Å². The highest BCUT2D eigenvalue weighted by Crippen LogP contribution is 2.53. The fraction of sp³-hybridized carbons (Fsp3) is 0.588. The second-order valence-corrected chi connectivity index (χ2v) is 5.95. The maximum Gasteiger partial charge on any atom is 0.312 e. The predicted molar refractivity (Wildman–Crippen MR) is 76.0 cm³/mol. The number of hydrogen-bond acceptors (Lipinski definition) is 3. The van der Waals surface area contributed by atoms with Crippen LogP contribution in [0.25, 0.3) is 0 Å². The molecule has 108 valence electrons. The lowest BCUT2D eigenvalue weighted by Gasteiger charge is -2.23. The quantitative estimate of drug-likeness (QED) is 0.773. The number of benzene rings is 1. The third kappa shape index (κ3) is 2.24. The molecule has 1 saturated heterocycles. The molecule has 2 aliphatic rings. The number of carbonyl (C=O) groups is 1. The summed E-state index contributed by atoms with van der Waals surface area (Å²) in [6.07, 6.45) is 4.07. The van der Waals surface area contributed by atoms with Gasteiger partial charge in [0.05, 0.1) is 18.6 Å². The smallest absolute Gasteiger partial charge is 0.312 e. The molecular weight excluding hydrogens is 252 g/mol. The summed E-state index contributed by atoms with van der Waals surface area (Å²) in [5.74, 6) is 0.367. The molecule has 1 aliphatic carbocycles. The molecule has 0 amide bonds. The van der Waals surface area contributed by atoms with Gasteiger partial charge in [-0.1, -0.05) is 43.7 Å². The van der Waals surface area contributed by atoms with Gasteiger partial charge in [0.2, 0.25) is 0 Å². The molecule has 0 spiro atoms. The van der Waals surface area contributed by atoms with Crippen LogP contribution in [0.3, 0.4) is 0 Å². The summed E-state index contributed by atoms with van der Waals surface area (Å²) in [7, 11) is 0. The number of cyclic esters (lactones) is 1. The van der Waals surface area contributed by atoms with E-state index in [0.717, 1.165) is 31.2 Å². The van der Waals surface area contributed by atoms with Crippen molar-refractivity contribution >= 4 is 5.97 Å². The Balaban J connectivity index is 1.58. The van der Waals surface area contributed by atoms with E-state index in [-0.39, 0.29) is 17.5 Å². The van der Waals surface area contributed by atoms with Gasteiger partial charge in [0, 0.05) is 5.92 Å². The van der Waals surface area contributed by atoms with Gasteiger partial charge in [-0.05, 0) is 24.8 Å². The molecule has 3 nitrogen and oxygen atoms in total. The Hall–Kier alpha value is -1.35. The minimum Gasteiger partial charge on any atom is -0.459 e. The molecule has 1 aromatic rings. The minimum atomic E-state index is -0.208. The Morgan fingerprint density at radius 2 is 2.15 bits per heavy atom. The van der Waals surface area contributed by atoms with Crippen molar-refractivity contribution in [1.29, 1.82) is 0 Å². The fourth-order valence-corrected chi connectivity index (χ4v) is 3.83. The average molecular weight is 274 g/mol. The first-order valence-electron chi connectivity index (χ1n) is 7.59. The van der Waals surface area contributed by atoms with E-state index in [1.54, 1.807) is 0 Å². The lowest BCUT2D eigenvalue weighted by Crippen LogP contribution is -2.30. The van der Waals surface area contributed by atoms with E-state index in [0.29, 0.717) is 19.1 Å². The lowest BCUT2D eigenvalue weighted by atomic mass is 9.75. The number of rotatable bonds is 5. The predicted octanol–water partition coefficient (Wildman–Crippen LogP) is 3.33. The second kappa shape index (κ2) is 5.57. The molecular formula is C17H22O3. The maximum absolute atomic E-state index is 12.2. The molecule has 1 aliphatic heterocycles. The maximum atomic E-state index is 12.2. The van der Waals surface area contributed by atoms with E-state index in [1.165, 1.54) is 0 Å². The van der Waals surface area contributed by atoms with Crippen LogP contribution in [-0.4, -0.2) is 18.7 Å². The van der Waals surface area contributed by atoms with Crippen molar-refractivity contribution in [1.82, 2.24) is 0 Å². The third-order valence-electron chi connectivity index (χ3n) is 4.99. The first kappa shape index (κ1) is 13.6. The Morgan fingerprint density at radius 3 is 2.90 bits per heavy atom. The van der Waals surface area contributed by atoms with Crippen LogP contribution in [0.15, 0.2) is 30.3 Å². The molecule has 3 rings (SSSR count). The summed E-state index contributed by atoms with van der Waals surface area (Å²) in [5, 5.41) is 0. The zero-order valence-corrected chi connectivity index (χ0v) is 12.0. The Bertz CT molecular complexity index is 470. The lowest BCUT2D eigenvalue weighted by molar-refractivity contribution is -0.150. The van der Waals surface area contributed by atoms with Gasteiger partial charge >= 0.3 is 5.97 Å². The zero-order valence-electron chi connectivity index (χ0n) is 12.0. The summed E-state index contributed by atoms with van der Waals surface area (Å²) in [6.45, 7) is 3.21. The van der Waals surface area contributed by atoms with Gasteiger partial charge in [0.25, 0.3) is 0 Å². The van der Waals surface area contributed by atoms with Crippen molar-refractivity contribution in [2.75, 3.05) is 6.61 Å². The van der Waals surface area contributed by atoms with E-state index in [1.807, 2.05) is 30.3 Å². The van der Waals surface area contributed by atoms with Crippen molar-refractivity contribution in [3.63, 3.8) is 0 Å². The van der Waals surface area contributed by atoms with Gasteiger partial charge in [-0.25, -0.2) is 0 Å². The molecule has 1 heterocycles. The van der Waals surface area contributed by atoms with Crippen molar-refractivity contribution in [3.05, 3.63) is 35.9 Å². The van der Waals surface area contributed by atoms with Crippen LogP contribution in [0.5, 0.6) is 0 Å². The van der Waals surface area contributed by atoms with Crippen LogP contribution in [0.2, 0.25) is 0 Å². The number of hydrogen-bond donors (Lipinski definition) is 0. The number of fused-ring (bicyclic) bond motifs is 1. The number of esters is 1. The van der Waals surface area contributed by atoms with Gasteiger partial charge < -0.3 is 9.47 Å². The second-order valence-electron chi connectivity index (χ2n) is 5.95. The Morgan fingerprint density at radius 1 is 1.35 bits per heavy atom. The molecule has 0 unspecified atom stereocenters. The molecule has 0 radical (unpaired) electrons. The minimum absolute atomic E-state index is 0.0100. The van der Waals surface area contributed by atoms with E-state index in [2.05, 4.69) is 6.92 Å². The van der Waals surface area contributed by atoms with Gasteiger partial charge in [-0.2, -0.15) is 0 Å². The molecule has 1 saturated carbocycles. The third-order valence-corrected chi connectivity index (χ3v) is 4.99. The molecule has 20 heavy (non-hydrogen) atoms. The topological polar surface area (TPSA) is 35.5 Å². The first-order chi connectivity index (χ1) is 9.76. The summed E-state index contributed by atoms with van der Waals surface area (Å²) >= 11 is 0. The highest BCUT2D eigenvalue weighted by atomic mass is 16.6. The molecule has 3 atom stereocenters. The molecule has 2 fully saturated rings. The van der Waals surface area contributed by atoms with Gasteiger partial charge in [-0.3, -0.25) is 4.79 Å². The molecule has 3 heteroatoms. The number of carbonyl (C=O) groups excluding carboxylic acids is 1. The summed E-state index contributed by atoms with van der Waals surface area (Å²) < 4.78 is 11.4. The van der Waals surface area contributed by atoms with Crippen molar-refractivity contribution in [2.24, 2.45) is 11.3 Å². The fourth-order valence-electron chi connectivity index (χ4n) is 3.83. The van der Waals surface area contributed by atoms with Gasteiger partial charge in [0.1, 0.15) is 6.10 Å². The first-order valence-corrected chi connectivity index (χ1v) is 7.59. The van der Waals surface area contributed by atoms with E-state index in [9.17, 15) is 4.79 Å². The van der Waals surface area contributed by atoms with Crippen LogP contribution in [0, 0.1) is 11.3 Å². The van der Waals surface area contributed by atoms with Crippen LogP contribution < -0.4 is 0 Å². The van der Waals surface area contributed by atoms with E-state index in [4.69, 9.17) is 9.47 Å². The Kier molecular flexibility index (Phi) is 3.79. The highest BCUT2D eigenvalue weighted by molar-refractivity contribution is 5.80.